The van der Waals surface area contributed by atoms with Crippen molar-refractivity contribution in [1.82, 2.24) is 5.32 Å². The molecule has 5 nitrogen and oxygen atoms in total. The number of carbonyl (C=O) groups excluding carboxylic acids is 1. The predicted octanol–water partition coefficient (Wildman–Crippen LogP) is 2.66. The van der Waals surface area contributed by atoms with Gasteiger partial charge in [0.05, 0.1) is 13.2 Å². The molecule has 1 atom stereocenters. The van der Waals surface area contributed by atoms with Crippen LogP contribution in [-0.2, 0) is 9.53 Å². The Balaban J connectivity index is 2.11. The van der Waals surface area contributed by atoms with Crippen molar-refractivity contribution in [3.8, 4) is 11.8 Å². The molecule has 1 fully saturated rings. The van der Waals surface area contributed by atoms with E-state index in [2.05, 4.69) is 21.2 Å². The number of hydrogen-bond acceptors (Lipinski definition) is 4. The molecule has 1 aliphatic rings. The molecular formula is C16H17BrN2O3. The maximum absolute atomic E-state index is 12.1. The molecule has 1 aliphatic heterocycles. The molecule has 0 bridgehead atoms. The summed E-state index contributed by atoms with van der Waals surface area (Å²) in [6.45, 7) is 1.16. The molecule has 1 amide bonds. The minimum absolute atomic E-state index is 0.0365. The lowest BCUT2D eigenvalue weighted by atomic mass is 10.1. The molecular weight excluding hydrogens is 348 g/mol. The molecule has 0 radical (unpaired) electrons. The summed E-state index contributed by atoms with van der Waals surface area (Å²) in [5, 5.41) is 12.0. The fraction of sp³-hybridized carbons (Fsp3) is 0.375. The molecule has 1 aromatic carbocycles. The van der Waals surface area contributed by atoms with E-state index in [1.165, 1.54) is 6.08 Å². The third-order valence-corrected chi connectivity index (χ3v) is 3.86. The Kier molecular flexibility index (Phi) is 5.99. The van der Waals surface area contributed by atoms with Crippen LogP contribution < -0.4 is 10.1 Å². The van der Waals surface area contributed by atoms with Gasteiger partial charge in [0.25, 0.3) is 5.91 Å². The van der Waals surface area contributed by atoms with E-state index in [0.717, 1.165) is 23.9 Å². The average Bonchev–Trinajstić information content (AvgIpc) is 3.04. The number of hydrogen-bond donors (Lipinski definition) is 1. The minimum Gasteiger partial charge on any atom is -0.496 e. The summed E-state index contributed by atoms with van der Waals surface area (Å²) >= 11 is 3.37. The predicted molar refractivity (Wildman–Crippen MR) is 86.3 cm³/mol. The van der Waals surface area contributed by atoms with Crippen molar-refractivity contribution in [3.05, 3.63) is 33.8 Å². The van der Waals surface area contributed by atoms with Gasteiger partial charge in [-0.25, -0.2) is 0 Å². The topological polar surface area (TPSA) is 71.3 Å². The summed E-state index contributed by atoms with van der Waals surface area (Å²) in [6, 6.07) is 7.34. The Hall–Kier alpha value is -1.84. The van der Waals surface area contributed by atoms with E-state index in [0.29, 0.717) is 17.9 Å². The number of nitriles is 1. The number of methoxy groups -OCH3 is 1. The van der Waals surface area contributed by atoms with E-state index in [4.69, 9.17) is 9.47 Å². The average molecular weight is 365 g/mol. The molecule has 0 aliphatic carbocycles. The van der Waals surface area contributed by atoms with Gasteiger partial charge in [0, 0.05) is 23.2 Å². The zero-order valence-electron chi connectivity index (χ0n) is 12.3. The standard InChI is InChI=1S/C16H17BrN2O3/c1-21-15-5-4-13(17)8-11(15)7-12(9-18)16(20)19-10-14-3-2-6-22-14/h4-5,7-8,14H,2-3,6,10H2,1H3,(H,19,20)/b12-7+. The Morgan fingerprint density at radius 2 is 2.45 bits per heavy atom. The van der Waals surface area contributed by atoms with E-state index in [1.807, 2.05) is 12.1 Å². The van der Waals surface area contributed by atoms with Crippen LogP contribution in [0.5, 0.6) is 5.75 Å². The first kappa shape index (κ1) is 16.5. The van der Waals surface area contributed by atoms with E-state index in [9.17, 15) is 10.1 Å². The van der Waals surface area contributed by atoms with Crippen LogP contribution in [0.1, 0.15) is 18.4 Å². The van der Waals surface area contributed by atoms with E-state index >= 15 is 0 Å². The number of rotatable bonds is 5. The van der Waals surface area contributed by atoms with Gasteiger partial charge in [-0.2, -0.15) is 5.26 Å². The van der Waals surface area contributed by atoms with Gasteiger partial charge in [0.2, 0.25) is 0 Å². The normalized spacial score (nSPS) is 17.9. The molecule has 0 spiro atoms. The van der Waals surface area contributed by atoms with Gasteiger partial charge in [-0.05, 0) is 37.1 Å². The SMILES string of the molecule is COc1ccc(Br)cc1/C=C(\C#N)C(=O)NCC1CCCO1. The lowest BCUT2D eigenvalue weighted by Crippen LogP contribution is -2.32. The fourth-order valence-corrected chi connectivity index (χ4v) is 2.61. The molecule has 22 heavy (non-hydrogen) atoms. The van der Waals surface area contributed by atoms with Gasteiger partial charge in [-0.15, -0.1) is 0 Å². The van der Waals surface area contributed by atoms with Gasteiger partial charge in [-0.3, -0.25) is 4.79 Å². The van der Waals surface area contributed by atoms with Crippen molar-refractivity contribution in [1.29, 1.82) is 5.26 Å². The number of nitrogens with zero attached hydrogens (tertiary/aromatic N) is 1. The third-order valence-electron chi connectivity index (χ3n) is 3.37. The second kappa shape index (κ2) is 7.97. The van der Waals surface area contributed by atoms with Crippen LogP contribution in [0.3, 0.4) is 0 Å². The monoisotopic (exact) mass is 364 g/mol. The molecule has 1 aromatic rings. The largest absolute Gasteiger partial charge is 0.496 e. The number of carbonyl (C=O) groups is 1. The molecule has 1 saturated heterocycles. The summed E-state index contributed by atoms with van der Waals surface area (Å²) in [6.07, 6.45) is 3.51. The highest BCUT2D eigenvalue weighted by atomic mass is 79.9. The zero-order valence-corrected chi connectivity index (χ0v) is 13.9. The van der Waals surface area contributed by atoms with E-state index in [1.54, 1.807) is 19.2 Å². The van der Waals surface area contributed by atoms with E-state index in [-0.39, 0.29) is 11.7 Å². The summed E-state index contributed by atoms with van der Waals surface area (Å²) in [7, 11) is 1.55. The van der Waals surface area contributed by atoms with Crippen LogP contribution in [0.25, 0.3) is 6.08 Å². The lowest BCUT2D eigenvalue weighted by Gasteiger charge is -2.10. The van der Waals surface area contributed by atoms with Gasteiger partial charge in [-0.1, -0.05) is 15.9 Å². The molecule has 116 valence electrons. The van der Waals surface area contributed by atoms with Crippen LogP contribution in [0.4, 0.5) is 0 Å². The number of amides is 1. The van der Waals surface area contributed by atoms with Crippen molar-refractivity contribution in [3.63, 3.8) is 0 Å². The van der Waals surface area contributed by atoms with Gasteiger partial charge < -0.3 is 14.8 Å². The Morgan fingerprint density at radius 1 is 1.64 bits per heavy atom. The fourth-order valence-electron chi connectivity index (χ4n) is 2.23. The molecule has 2 rings (SSSR count). The highest BCUT2D eigenvalue weighted by Crippen LogP contribution is 2.25. The van der Waals surface area contributed by atoms with Crippen molar-refractivity contribution >= 4 is 27.9 Å². The second-order valence-corrected chi connectivity index (χ2v) is 5.82. The first-order valence-electron chi connectivity index (χ1n) is 6.99. The highest BCUT2D eigenvalue weighted by Gasteiger charge is 2.18. The van der Waals surface area contributed by atoms with Crippen LogP contribution in [-0.4, -0.2) is 32.3 Å². The molecule has 1 N–H and O–H groups in total. The third kappa shape index (κ3) is 4.33. The van der Waals surface area contributed by atoms with Crippen molar-refractivity contribution in [2.45, 2.75) is 18.9 Å². The summed E-state index contributed by atoms with van der Waals surface area (Å²) in [4.78, 5) is 12.1. The Labute approximate surface area is 138 Å². The number of halogens is 1. The molecule has 1 unspecified atom stereocenters. The molecule has 0 saturated carbocycles. The Morgan fingerprint density at radius 3 is 3.09 bits per heavy atom. The summed E-state index contributed by atoms with van der Waals surface area (Å²) in [5.41, 5.74) is 0.704. The smallest absolute Gasteiger partial charge is 0.262 e. The lowest BCUT2D eigenvalue weighted by molar-refractivity contribution is -0.117. The van der Waals surface area contributed by atoms with Crippen molar-refractivity contribution in [2.24, 2.45) is 0 Å². The van der Waals surface area contributed by atoms with Gasteiger partial charge >= 0.3 is 0 Å². The number of nitrogens with one attached hydrogen (secondary N) is 1. The first-order chi connectivity index (χ1) is 10.6. The quantitative estimate of drug-likeness (QED) is 0.643. The summed E-state index contributed by atoms with van der Waals surface area (Å²) in [5.74, 6) is 0.197. The van der Waals surface area contributed by atoms with Crippen molar-refractivity contribution in [2.75, 3.05) is 20.3 Å². The summed E-state index contributed by atoms with van der Waals surface area (Å²) < 4.78 is 11.5. The first-order valence-corrected chi connectivity index (χ1v) is 7.78. The van der Waals surface area contributed by atoms with Crippen LogP contribution in [0, 0.1) is 11.3 Å². The molecule has 1 heterocycles. The van der Waals surface area contributed by atoms with Crippen LogP contribution in [0.15, 0.2) is 28.2 Å². The highest BCUT2D eigenvalue weighted by molar-refractivity contribution is 9.10. The Bertz CT molecular complexity index is 616. The maximum Gasteiger partial charge on any atom is 0.262 e. The van der Waals surface area contributed by atoms with Gasteiger partial charge in [0.15, 0.2) is 0 Å². The number of ether oxygens (including phenoxy) is 2. The maximum atomic E-state index is 12.1. The van der Waals surface area contributed by atoms with Crippen LogP contribution in [0.2, 0.25) is 0 Å². The second-order valence-electron chi connectivity index (χ2n) is 4.90. The minimum atomic E-state index is -0.403. The molecule has 6 heteroatoms. The zero-order chi connectivity index (χ0) is 15.9. The van der Waals surface area contributed by atoms with Crippen molar-refractivity contribution < 1.29 is 14.3 Å². The van der Waals surface area contributed by atoms with E-state index < -0.39 is 5.91 Å². The van der Waals surface area contributed by atoms with Crippen LogP contribution >= 0.6 is 15.9 Å². The molecule has 0 aromatic heterocycles. The number of benzene rings is 1. The van der Waals surface area contributed by atoms with Gasteiger partial charge in [0.1, 0.15) is 17.4 Å².